The number of benzene rings is 1. The van der Waals surface area contributed by atoms with E-state index in [2.05, 4.69) is 0 Å². The number of rotatable bonds is 6. The number of ether oxygens (including phenoxy) is 1. The number of aliphatic hydroxyl groups is 1. The van der Waals surface area contributed by atoms with Crippen LogP contribution >= 0.6 is 0 Å². The Labute approximate surface area is 126 Å². The Hall–Kier alpha value is -1.81. The molecule has 1 fully saturated rings. The molecule has 0 saturated carbocycles. The van der Waals surface area contributed by atoms with Crippen molar-refractivity contribution in [2.45, 2.75) is 31.7 Å². The van der Waals surface area contributed by atoms with E-state index < -0.39 is 0 Å². The van der Waals surface area contributed by atoms with Gasteiger partial charge in [0.05, 0.1) is 7.11 Å². The third-order valence-corrected chi connectivity index (χ3v) is 3.90. The fourth-order valence-corrected chi connectivity index (χ4v) is 2.81. The van der Waals surface area contributed by atoms with Crippen molar-refractivity contribution >= 4 is 12.0 Å². The lowest BCUT2D eigenvalue weighted by Gasteiger charge is -2.23. The largest absolute Gasteiger partial charge is 0.496 e. The quantitative estimate of drug-likeness (QED) is 0.819. The number of likely N-dealkylation sites (tertiary alicyclic amines) is 1. The van der Waals surface area contributed by atoms with E-state index in [1.807, 2.05) is 35.2 Å². The van der Waals surface area contributed by atoms with Gasteiger partial charge in [-0.15, -0.1) is 0 Å². The lowest BCUT2D eigenvalue weighted by molar-refractivity contribution is -0.126. The van der Waals surface area contributed by atoms with Gasteiger partial charge < -0.3 is 14.7 Å². The molecule has 0 spiro atoms. The second kappa shape index (κ2) is 7.84. The molecule has 1 aliphatic rings. The van der Waals surface area contributed by atoms with Crippen molar-refractivity contribution in [2.24, 2.45) is 0 Å². The van der Waals surface area contributed by atoms with E-state index in [9.17, 15) is 4.79 Å². The standard InChI is InChI=1S/C17H23NO3/c1-21-16-9-3-2-6-14(16)10-11-17(20)18-12-4-7-15(18)8-5-13-19/h2-3,6,9-11,15,19H,4-5,7-8,12-13H2,1H3. The second-order valence-electron chi connectivity index (χ2n) is 5.27. The van der Waals surface area contributed by atoms with E-state index in [-0.39, 0.29) is 18.6 Å². The van der Waals surface area contributed by atoms with E-state index in [0.29, 0.717) is 0 Å². The van der Waals surface area contributed by atoms with Gasteiger partial charge in [-0.1, -0.05) is 18.2 Å². The first-order valence-corrected chi connectivity index (χ1v) is 7.49. The van der Waals surface area contributed by atoms with Crippen molar-refractivity contribution in [1.82, 2.24) is 4.90 Å². The molecule has 0 bridgehead atoms. The smallest absolute Gasteiger partial charge is 0.246 e. The highest BCUT2D eigenvalue weighted by Crippen LogP contribution is 2.23. The molecule has 1 saturated heterocycles. The minimum atomic E-state index is 0.0429. The highest BCUT2D eigenvalue weighted by atomic mass is 16.5. The van der Waals surface area contributed by atoms with Gasteiger partial charge in [0.15, 0.2) is 0 Å². The zero-order valence-electron chi connectivity index (χ0n) is 12.5. The zero-order chi connectivity index (χ0) is 15.1. The van der Waals surface area contributed by atoms with Crippen molar-refractivity contribution < 1.29 is 14.6 Å². The van der Waals surface area contributed by atoms with Crippen LogP contribution in [0.4, 0.5) is 0 Å². The van der Waals surface area contributed by atoms with Crippen LogP contribution in [0.5, 0.6) is 5.75 Å². The Kier molecular flexibility index (Phi) is 5.81. The SMILES string of the molecule is COc1ccccc1C=CC(=O)N1CCCC1CCCO. The van der Waals surface area contributed by atoms with Crippen LogP contribution in [-0.4, -0.2) is 42.2 Å². The molecule has 1 N–H and O–H groups in total. The number of carbonyl (C=O) groups excluding carboxylic acids is 1. The summed E-state index contributed by atoms with van der Waals surface area (Å²) < 4.78 is 5.27. The molecule has 4 heteroatoms. The second-order valence-corrected chi connectivity index (χ2v) is 5.27. The van der Waals surface area contributed by atoms with Crippen molar-refractivity contribution in [2.75, 3.05) is 20.3 Å². The zero-order valence-corrected chi connectivity index (χ0v) is 12.5. The van der Waals surface area contributed by atoms with Crippen LogP contribution in [0.3, 0.4) is 0 Å². The number of carbonyl (C=O) groups is 1. The predicted molar refractivity (Wildman–Crippen MR) is 83.1 cm³/mol. The Bertz CT molecular complexity index is 499. The molecule has 0 aromatic heterocycles. The first-order valence-electron chi connectivity index (χ1n) is 7.49. The summed E-state index contributed by atoms with van der Waals surface area (Å²) in [6, 6.07) is 7.91. The van der Waals surface area contributed by atoms with Crippen LogP contribution in [0.15, 0.2) is 30.3 Å². The van der Waals surface area contributed by atoms with Crippen LogP contribution in [0.1, 0.15) is 31.2 Å². The first kappa shape index (κ1) is 15.6. The molecule has 21 heavy (non-hydrogen) atoms. The molecule has 1 aromatic carbocycles. The number of aliphatic hydroxyl groups excluding tert-OH is 1. The molecule has 1 amide bonds. The van der Waals surface area contributed by atoms with Crippen molar-refractivity contribution in [3.05, 3.63) is 35.9 Å². The third-order valence-electron chi connectivity index (χ3n) is 3.90. The Morgan fingerprint density at radius 2 is 2.29 bits per heavy atom. The van der Waals surface area contributed by atoms with Crippen molar-refractivity contribution in [1.29, 1.82) is 0 Å². The molecule has 114 valence electrons. The molecule has 1 aliphatic heterocycles. The van der Waals surface area contributed by atoms with Crippen molar-refractivity contribution in [3.8, 4) is 5.75 Å². The van der Waals surface area contributed by atoms with Gasteiger partial charge in [0.2, 0.25) is 5.91 Å². The summed E-state index contributed by atoms with van der Waals surface area (Å²) in [6.07, 6.45) is 7.14. The number of amides is 1. The van der Waals surface area contributed by atoms with Crippen LogP contribution in [-0.2, 0) is 4.79 Å². The van der Waals surface area contributed by atoms with Crippen LogP contribution in [0.25, 0.3) is 6.08 Å². The minimum Gasteiger partial charge on any atom is -0.496 e. The van der Waals surface area contributed by atoms with Crippen LogP contribution in [0, 0.1) is 0 Å². The van der Waals surface area contributed by atoms with E-state index >= 15 is 0 Å². The first-order chi connectivity index (χ1) is 10.3. The van der Waals surface area contributed by atoms with E-state index in [1.165, 1.54) is 0 Å². The summed E-state index contributed by atoms with van der Waals surface area (Å²) in [5.41, 5.74) is 0.902. The lowest BCUT2D eigenvalue weighted by Crippen LogP contribution is -2.34. The average Bonchev–Trinajstić information content (AvgIpc) is 2.99. The number of hydrogen-bond donors (Lipinski definition) is 1. The van der Waals surface area contributed by atoms with Gasteiger partial charge in [-0.05, 0) is 37.8 Å². The normalized spacial score (nSPS) is 18.4. The fourth-order valence-electron chi connectivity index (χ4n) is 2.81. The Morgan fingerprint density at radius 3 is 3.05 bits per heavy atom. The maximum atomic E-state index is 12.3. The van der Waals surface area contributed by atoms with Gasteiger partial charge in [-0.3, -0.25) is 4.79 Å². The van der Waals surface area contributed by atoms with Crippen molar-refractivity contribution in [3.63, 3.8) is 0 Å². The molecule has 1 heterocycles. The number of para-hydroxylation sites is 1. The molecular formula is C17H23NO3. The summed E-state index contributed by atoms with van der Waals surface area (Å²) in [4.78, 5) is 14.2. The summed E-state index contributed by atoms with van der Waals surface area (Å²) in [5.74, 6) is 0.807. The van der Waals surface area contributed by atoms with Crippen LogP contribution in [0.2, 0.25) is 0 Å². The topological polar surface area (TPSA) is 49.8 Å². The Balaban J connectivity index is 2.01. The van der Waals surface area contributed by atoms with Gasteiger partial charge in [-0.25, -0.2) is 0 Å². The van der Waals surface area contributed by atoms with Gasteiger partial charge in [0.1, 0.15) is 5.75 Å². The number of nitrogens with zero attached hydrogens (tertiary/aromatic N) is 1. The third kappa shape index (κ3) is 4.08. The maximum absolute atomic E-state index is 12.3. The highest BCUT2D eigenvalue weighted by Gasteiger charge is 2.26. The molecule has 1 atom stereocenters. The number of methoxy groups -OCH3 is 1. The molecule has 2 rings (SSSR count). The van der Waals surface area contributed by atoms with E-state index in [1.54, 1.807) is 13.2 Å². The molecular weight excluding hydrogens is 266 g/mol. The highest BCUT2D eigenvalue weighted by molar-refractivity contribution is 5.92. The van der Waals surface area contributed by atoms with E-state index in [4.69, 9.17) is 9.84 Å². The van der Waals surface area contributed by atoms with Gasteiger partial charge in [0, 0.05) is 30.8 Å². The summed E-state index contributed by atoms with van der Waals surface area (Å²) >= 11 is 0. The maximum Gasteiger partial charge on any atom is 0.246 e. The van der Waals surface area contributed by atoms with Gasteiger partial charge >= 0.3 is 0 Å². The monoisotopic (exact) mass is 289 g/mol. The molecule has 1 unspecified atom stereocenters. The average molecular weight is 289 g/mol. The van der Waals surface area contributed by atoms with Gasteiger partial charge in [0.25, 0.3) is 0 Å². The molecule has 0 radical (unpaired) electrons. The summed E-state index contributed by atoms with van der Waals surface area (Å²) in [6.45, 7) is 1.00. The Morgan fingerprint density at radius 1 is 1.48 bits per heavy atom. The molecule has 4 nitrogen and oxygen atoms in total. The predicted octanol–water partition coefficient (Wildman–Crippen LogP) is 2.47. The summed E-state index contributed by atoms with van der Waals surface area (Å²) in [5, 5.41) is 8.93. The summed E-state index contributed by atoms with van der Waals surface area (Å²) in [7, 11) is 1.62. The molecule has 1 aromatic rings. The molecule has 0 aliphatic carbocycles. The van der Waals surface area contributed by atoms with E-state index in [0.717, 1.165) is 43.5 Å². The van der Waals surface area contributed by atoms with Crippen LogP contribution < -0.4 is 4.74 Å². The lowest BCUT2D eigenvalue weighted by atomic mass is 10.1. The number of hydrogen-bond acceptors (Lipinski definition) is 3. The minimum absolute atomic E-state index is 0.0429. The van der Waals surface area contributed by atoms with Gasteiger partial charge in [-0.2, -0.15) is 0 Å². The fraction of sp³-hybridized carbons (Fsp3) is 0.471.